The molecule has 100 valence electrons. The molecule has 1 rings (SSSR count). The van der Waals surface area contributed by atoms with Gasteiger partial charge in [-0.3, -0.25) is 0 Å². The second-order valence-corrected chi connectivity index (χ2v) is 5.21. The van der Waals surface area contributed by atoms with E-state index in [-0.39, 0.29) is 6.04 Å². The van der Waals surface area contributed by atoms with Crippen LogP contribution in [-0.4, -0.2) is 20.1 Å². The van der Waals surface area contributed by atoms with E-state index in [2.05, 4.69) is 42.8 Å². The van der Waals surface area contributed by atoms with Gasteiger partial charge in [-0.15, -0.1) is 0 Å². The predicted octanol–water partition coefficient (Wildman–Crippen LogP) is 4.02. The van der Waals surface area contributed by atoms with Gasteiger partial charge in [0.1, 0.15) is 0 Å². The normalized spacial score (nSPS) is 12.3. The number of hydrogen-bond donors (Lipinski definition) is 1. The molecule has 0 aliphatic carbocycles. The highest BCUT2D eigenvalue weighted by atomic mass is 35.5. The topological polar surface area (TPSA) is 15.3 Å². The first-order chi connectivity index (χ1) is 8.45. The molecule has 0 amide bonds. The molecule has 0 saturated carbocycles. The van der Waals surface area contributed by atoms with Crippen molar-refractivity contribution in [2.24, 2.45) is 0 Å². The van der Waals surface area contributed by atoms with Gasteiger partial charge in [-0.2, -0.15) is 0 Å². The van der Waals surface area contributed by atoms with Crippen molar-refractivity contribution in [3.8, 4) is 0 Å². The van der Waals surface area contributed by atoms with Crippen molar-refractivity contribution in [2.75, 3.05) is 25.0 Å². The minimum atomic E-state index is 0.281. The van der Waals surface area contributed by atoms with E-state index in [1.807, 2.05) is 20.0 Å². The van der Waals surface area contributed by atoms with Crippen molar-refractivity contribution in [3.63, 3.8) is 0 Å². The van der Waals surface area contributed by atoms with E-state index in [9.17, 15) is 0 Å². The number of hydrogen-bond acceptors (Lipinski definition) is 2. The lowest BCUT2D eigenvalue weighted by molar-refractivity contribution is 0.598. The SMILES string of the molecule is C=C(C)CN(C)c1ccc(C(C)NCC)c(Cl)c1. The highest BCUT2D eigenvalue weighted by Gasteiger charge is 2.10. The average molecular weight is 267 g/mol. The third-order valence-corrected chi connectivity index (χ3v) is 3.24. The number of benzene rings is 1. The first kappa shape index (κ1) is 15.1. The van der Waals surface area contributed by atoms with Crippen LogP contribution in [0.5, 0.6) is 0 Å². The van der Waals surface area contributed by atoms with Crippen LogP contribution >= 0.6 is 11.6 Å². The maximum absolute atomic E-state index is 6.35. The summed E-state index contributed by atoms with van der Waals surface area (Å²) in [7, 11) is 2.05. The van der Waals surface area contributed by atoms with Gasteiger partial charge < -0.3 is 10.2 Å². The van der Waals surface area contributed by atoms with Gasteiger partial charge in [-0.05, 0) is 38.1 Å². The Bertz CT molecular complexity index is 415. The average Bonchev–Trinajstić information content (AvgIpc) is 2.28. The van der Waals surface area contributed by atoms with Crippen molar-refractivity contribution >= 4 is 17.3 Å². The van der Waals surface area contributed by atoms with Gasteiger partial charge in [0.2, 0.25) is 0 Å². The molecule has 0 aliphatic heterocycles. The van der Waals surface area contributed by atoms with Gasteiger partial charge in [-0.1, -0.05) is 36.7 Å². The van der Waals surface area contributed by atoms with Crippen LogP contribution in [0, 0.1) is 0 Å². The quantitative estimate of drug-likeness (QED) is 0.783. The van der Waals surface area contributed by atoms with Gasteiger partial charge in [-0.25, -0.2) is 0 Å². The van der Waals surface area contributed by atoms with E-state index < -0.39 is 0 Å². The van der Waals surface area contributed by atoms with E-state index >= 15 is 0 Å². The van der Waals surface area contributed by atoms with Crippen LogP contribution in [0.4, 0.5) is 5.69 Å². The van der Waals surface area contributed by atoms with E-state index in [0.29, 0.717) is 0 Å². The van der Waals surface area contributed by atoms with E-state index in [4.69, 9.17) is 11.6 Å². The molecule has 1 atom stereocenters. The lowest BCUT2D eigenvalue weighted by atomic mass is 10.1. The number of nitrogens with zero attached hydrogens (tertiary/aromatic N) is 1. The van der Waals surface area contributed by atoms with Gasteiger partial charge in [0.15, 0.2) is 0 Å². The molecular formula is C15H23ClN2. The fraction of sp³-hybridized carbons (Fsp3) is 0.467. The maximum atomic E-state index is 6.35. The standard InChI is InChI=1S/C15H23ClN2/c1-6-17-12(4)14-8-7-13(9-15(14)16)18(5)10-11(2)3/h7-9,12,17H,2,6,10H2,1,3-5H3. The number of rotatable bonds is 6. The minimum absolute atomic E-state index is 0.281. The van der Waals surface area contributed by atoms with Crippen molar-refractivity contribution in [2.45, 2.75) is 26.8 Å². The second-order valence-electron chi connectivity index (χ2n) is 4.80. The minimum Gasteiger partial charge on any atom is -0.371 e. The molecule has 0 bridgehead atoms. The number of halogens is 1. The van der Waals surface area contributed by atoms with Crippen LogP contribution in [0.1, 0.15) is 32.4 Å². The van der Waals surface area contributed by atoms with Crippen LogP contribution in [0.2, 0.25) is 5.02 Å². The van der Waals surface area contributed by atoms with Crippen molar-refractivity contribution < 1.29 is 0 Å². The summed E-state index contributed by atoms with van der Waals surface area (Å²) in [6.45, 7) is 12.0. The molecular weight excluding hydrogens is 244 g/mol. The van der Waals surface area contributed by atoms with Crippen molar-refractivity contribution in [1.82, 2.24) is 5.32 Å². The van der Waals surface area contributed by atoms with E-state index in [1.165, 1.54) is 0 Å². The third kappa shape index (κ3) is 4.04. The monoisotopic (exact) mass is 266 g/mol. The Balaban J connectivity index is 2.88. The van der Waals surface area contributed by atoms with Crippen molar-refractivity contribution in [3.05, 3.63) is 40.9 Å². The molecule has 0 aromatic heterocycles. The Morgan fingerprint density at radius 3 is 2.67 bits per heavy atom. The molecule has 1 unspecified atom stereocenters. The summed E-state index contributed by atoms with van der Waals surface area (Å²) >= 11 is 6.35. The fourth-order valence-corrected chi connectivity index (χ4v) is 2.36. The van der Waals surface area contributed by atoms with Gasteiger partial charge in [0.05, 0.1) is 0 Å². The summed E-state index contributed by atoms with van der Waals surface area (Å²) in [5, 5.41) is 4.19. The number of nitrogens with one attached hydrogen (secondary N) is 1. The molecule has 1 aromatic carbocycles. The molecule has 18 heavy (non-hydrogen) atoms. The fourth-order valence-electron chi connectivity index (χ4n) is 2.02. The van der Waals surface area contributed by atoms with Gasteiger partial charge in [0.25, 0.3) is 0 Å². The summed E-state index contributed by atoms with van der Waals surface area (Å²) in [6, 6.07) is 6.51. The maximum Gasteiger partial charge on any atom is 0.0474 e. The van der Waals surface area contributed by atoms with Crippen molar-refractivity contribution in [1.29, 1.82) is 0 Å². The zero-order chi connectivity index (χ0) is 13.7. The van der Waals surface area contributed by atoms with Crippen LogP contribution in [0.25, 0.3) is 0 Å². The summed E-state index contributed by atoms with van der Waals surface area (Å²) in [4.78, 5) is 2.15. The molecule has 0 radical (unpaired) electrons. The van der Waals surface area contributed by atoms with Crippen LogP contribution in [0.3, 0.4) is 0 Å². The first-order valence-electron chi connectivity index (χ1n) is 6.34. The highest BCUT2D eigenvalue weighted by molar-refractivity contribution is 6.31. The molecule has 0 saturated heterocycles. The Morgan fingerprint density at radius 1 is 1.50 bits per heavy atom. The Kier molecular flexibility index (Phi) is 5.70. The largest absolute Gasteiger partial charge is 0.371 e. The zero-order valence-corrected chi connectivity index (χ0v) is 12.5. The Hall–Kier alpha value is -0.990. The van der Waals surface area contributed by atoms with Crippen LogP contribution in [0.15, 0.2) is 30.4 Å². The molecule has 0 fully saturated rings. The Labute approximate surface area is 116 Å². The predicted molar refractivity (Wildman–Crippen MR) is 81.6 cm³/mol. The summed E-state index contributed by atoms with van der Waals surface area (Å²) in [6.07, 6.45) is 0. The summed E-state index contributed by atoms with van der Waals surface area (Å²) < 4.78 is 0. The lowest BCUT2D eigenvalue weighted by Gasteiger charge is -2.21. The highest BCUT2D eigenvalue weighted by Crippen LogP contribution is 2.27. The third-order valence-electron chi connectivity index (χ3n) is 2.91. The summed E-state index contributed by atoms with van der Waals surface area (Å²) in [5.74, 6) is 0. The van der Waals surface area contributed by atoms with E-state index in [1.54, 1.807) is 0 Å². The van der Waals surface area contributed by atoms with Gasteiger partial charge >= 0.3 is 0 Å². The number of likely N-dealkylation sites (N-methyl/N-ethyl adjacent to an activating group) is 1. The smallest absolute Gasteiger partial charge is 0.0474 e. The molecule has 3 heteroatoms. The zero-order valence-electron chi connectivity index (χ0n) is 11.8. The first-order valence-corrected chi connectivity index (χ1v) is 6.71. The second kappa shape index (κ2) is 6.81. The Morgan fingerprint density at radius 2 is 2.17 bits per heavy atom. The number of anilines is 1. The molecule has 0 heterocycles. The molecule has 1 aromatic rings. The molecule has 0 aliphatic rings. The van der Waals surface area contributed by atoms with Crippen LogP contribution < -0.4 is 10.2 Å². The van der Waals surface area contributed by atoms with Crippen LogP contribution in [-0.2, 0) is 0 Å². The lowest BCUT2D eigenvalue weighted by Crippen LogP contribution is -2.20. The summed E-state index contributed by atoms with van der Waals surface area (Å²) in [5.41, 5.74) is 3.40. The van der Waals surface area contributed by atoms with Gasteiger partial charge in [0, 0.05) is 30.3 Å². The molecule has 2 nitrogen and oxygen atoms in total. The van der Waals surface area contributed by atoms with E-state index in [0.717, 1.165) is 34.9 Å². The molecule has 0 spiro atoms. The molecule has 1 N–H and O–H groups in total.